The van der Waals surface area contributed by atoms with Crippen molar-refractivity contribution < 1.29 is 4.79 Å². The highest BCUT2D eigenvalue weighted by molar-refractivity contribution is 5.78. The van der Waals surface area contributed by atoms with Crippen molar-refractivity contribution in [1.29, 1.82) is 0 Å². The highest BCUT2D eigenvalue weighted by Gasteiger charge is 2.34. The van der Waals surface area contributed by atoms with E-state index >= 15 is 0 Å². The van der Waals surface area contributed by atoms with Crippen LogP contribution >= 0.6 is 0 Å². The summed E-state index contributed by atoms with van der Waals surface area (Å²) >= 11 is 0. The van der Waals surface area contributed by atoms with Crippen molar-refractivity contribution >= 4 is 5.91 Å². The lowest BCUT2D eigenvalue weighted by Crippen LogP contribution is -2.40. The van der Waals surface area contributed by atoms with Gasteiger partial charge in [-0.1, -0.05) is 0 Å². The second-order valence-electron chi connectivity index (χ2n) is 3.98. The smallest absolute Gasteiger partial charge is 0.233 e. The Balaban J connectivity index is 1.74. The molecule has 2 aliphatic rings. The number of likely N-dealkylation sites (tertiary alicyclic amines) is 1. The quantitative estimate of drug-likeness (QED) is 0.608. The summed E-state index contributed by atoms with van der Waals surface area (Å²) in [5, 5.41) is 2.94. The molecule has 1 aliphatic carbocycles. The Kier molecular flexibility index (Phi) is 2.51. The maximum atomic E-state index is 11.0. The van der Waals surface area contributed by atoms with Gasteiger partial charge in [0.15, 0.2) is 0 Å². The van der Waals surface area contributed by atoms with Crippen molar-refractivity contribution in [3.8, 4) is 0 Å². The van der Waals surface area contributed by atoms with E-state index < -0.39 is 0 Å². The van der Waals surface area contributed by atoms with Crippen LogP contribution in [0.4, 0.5) is 0 Å². The standard InChI is InChI=1S/C9H17N3O/c10-5-9(13)11-7-3-4-12(6-7)8-1-2-8/h7-8H,1-6,10H2,(H,11,13). The van der Waals surface area contributed by atoms with E-state index in [-0.39, 0.29) is 12.5 Å². The van der Waals surface area contributed by atoms with Gasteiger partial charge in [0.2, 0.25) is 5.91 Å². The zero-order chi connectivity index (χ0) is 9.26. The maximum Gasteiger partial charge on any atom is 0.233 e. The van der Waals surface area contributed by atoms with E-state index in [1.165, 1.54) is 12.8 Å². The Morgan fingerprint density at radius 1 is 1.46 bits per heavy atom. The van der Waals surface area contributed by atoms with Crippen LogP contribution in [0, 0.1) is 0 Å². The second-order valence-corrected chi connectivity index (χ2v) is 3.98. The Bertz CT molecular complexity index is 203. The molecule has 1 saturated carbocycles. The number of nitrogens with two attached hydrogens (primary N) is 1. The van der Waals surface area contributed by atoms with Gasteiger partial charge >= 0.3 is 0 Å². The number of carbonyl (C=O) groups is 1. The first-order valence-corrected chi connectivity index (χ1v) is 5.03. The van der Waals surface area contributed by atoms with Crippen molar-refractivity contribution in [1.82, 2.24) is 10.2 Å². The van der Waals surface area contributed by atoms with Gasteiger partial charge in [-0.05, 0) is 19.3 Å². The number of hydrogen-bond donors (Lipinski definition) is 2. The van der Waals surface area contributed by atoms with Crippen LogP contribution in [0.3, 0.4) is 0 Å². The van der Waals surface area contributed by atoms with Crippen molar-refractivity contribution in [3.63, 3.8) is 0 Å². The number of nitrogens with one attached hydrogen (secondary N) is 1. The van der Waals surface area contributed by atoms with Crippen LogP contribution in [0.1, 0.15) is 19.3 Å². The molecule has 0 bridgehead atoms. The Morgan fingerprint density at radius 3 is 2.85 bits per heavy atom. The molecule has 2 rings (SSSR count). The lowest BCUT2D eigenvalue weighted by atomic mass is 10.2. The van der Waals surface area contributed by atoms with Gasteiger partial charge in [-0.15, -0.1) is 0 Å². The summed E-state index contributed by atoms with van der Waals surface area (Å²) in [4.78, 5) is 13.5. The number of nitrogens with zero attached hydrogens (tertiary/aromatic N) is 1. The van der Waals surface area contributed by atoms with Crippen LogP contribution < -0.4 is 11.1 Å². The summed E-state index contributed by atoms with van der Waals surface area (Å²) in [7, 11) is 0. The van der Waals surface area contributed by atoms with Crippen molar-refractivity contribution in [2.75, 3.05) is 19.6 Å². The van der Waals surface area contributed by atoms with Crippen molar-refractivity contribution in [2.24, 2.45) is 5.73 Å². The third-order valence-corrected chi connectivity index (χ3v) is 2.83. The van der Waals surface area contributed by atoms with E-state index in [4.69, 9.17) is 5.73 Å². The molecule has 13 heavy (non-hydrogen) atoms. The zero-order valence-electron chi connectivity index (χ0n) is 7.83. The summed E-state index contributed by atoms with van der Waals surface area (Å²) in [5.41, 5.74) is 5.23. The molecule has 3 N–H and O–H groups in total. The van der Waals surface area contributed by atoms with E-state index in [0.717, 1.165) is 25.6 Å². The minimum absolute atomic E-state index is 0.0253. The predicted molar refractivity (Wildman–Crippen MR) is 50.2 cm³/mol. The van der Waals surface area contributed by atoms with E-state index in [1.54, 1.807) is 0 Å². The molecule has 4 heteroatoms. The minimum atomic E-state index is -0.0253. The molecule has 1 unspecified atom stereocenters. The van der Waals surface area contributed by atoms with E-state index in [2.05, 4.69) is 10.2 Å². The maximum absolute atomic E-state index is 11.0. The number of amides is 1. The fraction of sp³-hybridized carbons (Fsp3) is 0.889. The molecule has 1 amide bonds. The zero-order valence-corrected chi connectivity index (χ0v) is 7.83. The summed E-state index contributed by atoms with van der Waals surface area (Å²) in [6, 6.07) is 1.16. The lowest BCUT2D eigenvalue weighted by molar-refractivity contribution is -0.120. The molecule has 0 aromatic rings. The lowest BCUT2D eigenvalue weighted by Gasteiger charge is -2.15. The van der Waals surface area contributed by atoms with Crippen LogP contribution in [0.25, 0.3) is 0 Å². The topological polar surface area (TPSA) is 58.4 Å². The average molecular weight is 183 g/mol. The molecule has 1 aliphatic heterocycles. The first-order valence-electron chi connectivity index (χ1n) is 5.03. The first kappa shape index (κ1) is 8.97. The molecule has 0 aromatic heterocycles. The third-order valence-electron chi connectivity index (χ3n) is 2.83. The number of carbonyl (C=O) groups excluding carboxylic acids is 1. The molecule has 0 spiro atoms. The molecule has 1 heterocycles. The van der Waals surface area contributed by atoms with Gasteiger partial charge in [-0.25, -0.2) is 0 Å². The number of hydrogen-bond acceptors (Lipinski definition) is 3. The van der Waals surface area contributed by atoms with Crippen LogP contribution in [0.5, 0.6) is 0 Å². The van der Waals surface area contributed by atoms with Gasteiger partial charge in [0.25, 0.3) is 0 Å². The van der Waals surface area contributed by atoms with Gasteiger partial charge in [-0.2, -0.15) is 0 Å². The second kappa shape index (κ2) is 3.64. The number of rotatable bonds is 3. The molecule has 74 valence electrons. The summed E-state index contributed by atoms with van der Waals surface area (Å²) in [5.74, 6) is -0.0253. The highest BCUT2D eigenvalue weighted by Crippen LogP contribution is 2.29. The molecular weight excluding hydrogens is 166 g/mol. The predicted octanol–water partition coefficient (Wildman–Crippen LogP) is -0.702. The summed E-state index contributed by atoms with van der Waals surface area (Å²) in [6.07, 6.45) is 3.78. The summed E-state index contributed by atoms with van der Waals surface area (Å²) in [6.45, 7) is 2.27. The SMILES string of the molecule is NCC(=O)NC1CCN(C2CC2)C1. The van der Waals surface area contributed by atoms with Crippen LogP contribution in [-0.4, -0.2) is 42.5 Å². The third kappa shape index (κ3) is 2.19. The first-order chi connectivity index (χ1) is 6.29. The van der Waals surface area contributed by atoms with Gasteiger partial charge in [0.05, 0.1) is 6.54 Å². The fourth-order valence-corrected chi connectivity index (χ4v) is 1.96. The molecular formula is C9H17N3O. The molecule has 1 saturated heterocycles. The largest absolute Gasteiger partial charge is 0.351 e. The normalized spacial score (nSPS) is 29.2. The van der Waals surface area contributed by atoms with Gasteiger partial charge in [0.1, 0.15) is 0 Å². The molecule has 2 fully saturated rings. The monoisotopic (exact) mass is 183 g/mol. The Labute approximate surface area is 78.5 Å². The van der Waals surface area contributed by atoms with Crippen LogP contribution in [0.2, 0.25) is 0 Å². The van der Waals surface area contributed by atoms with E-state index in [0.29, 0.717) is 6.04 Å². The molecule has 1 atom stereocenters. The van der Waals surface area contributed by atoms with Gasteiger partial charge in [-0.3, -0.25) is 9.69 Å². The van der Waals surface area contributed by atoms with Crippen molar-refractivity contribution in [3.05, 3.63) is 0 Å². The minimum Gasteiger partial charge on any atom is -0.351 e. The molecule has 0 aromatic carbocycles. The molecule has 4 nitrogen and oxygen atoms in total. The van der Waals surface area contributed by atoms with Crippen LogP contribution in [0.15, 0.2) is 0 Å². The van der Waals surface area contributed by atoms with E-state index in [9.17, 15) is 4.79 Å². The molecule has 0 radical (unpaired) electrons. The van der Waals surface area contributed by atoms with Gasteiger partial charge in [0, 0.05) is 25.2 Å². The van der Waals surface area contributed by atoms with E-state index in [1.807, 2.05) is 0 Å². The van der Waals surface area contributed by atoms with Crippen molar-refractivity contribution in [2.45, 2.75) is 31.3 Å². The highest BCUT2D eigenvalue weighted by atomic mass is 16.1. The fourth-order valence-electron chi connectivity index (χ4n) is 1.96. The average Bonchev–Trinajstić information content (AvgIpc) is 2.88. The Morgan fingerprint density at radius 2 is 2.23 bits per heavy atom. The van der Waals surface area contributed by atoms with Gasteiger partial charge < -0.3 is 11.1 Å². The van der Waals surface area contributed by atoms with Crippen LogP contribution in [-0.2, 0) is 4.79 Å². The summed E-state index contributed by atoms with van der Waals surface area (Å²) < 4.78 is 0. The Hall–Kier alpha value is -0.610.